The predicted molar refractivity (Wildman–Crippen MR) is 112 cm³/mol. The van der Waals surface area contributed by atoms with Gasteiger partial charge in [-0.25, -0.2) is 13.1 Å². The van der Waals surface area contributed by atoms with Crippen molar-refractivity contribution in [3.63, 3.8) is 0 Å². The molecule has 1 aliphatic heterocycles. The van der Waals surface area contributed by atoms with Crippen LogP contribution in [0.5, 0.6) is 0 Å². The van der Waals surface area contributed by atoms with Gasteiger partial charge >= 0.3 is 0 Å². The SMILES string of the molecule is Cc1ccccc1-n1ncc(C(=O)NCCC(=O)NC2CCS(=O)(=O)C2)c1C1CC1. The summed E-state index contributed by atoms with van der Waals surface area (Å²) in [6.07, 6.45) is 4.21. The molecule has 160 valence electrons. The lowest BCUT2D eigenvalue weighted by Crippen LogP contribution is -2.37. The standard InChI is InChI=1S/C21H26N4O4S/c1-14-4-2-3-5-18(14)25-20(15-6-7-15)17(12-23-25)21(27)22-10-8-19(26)24-16-9-11-30(28,29)13-16/h2-5,12,15-16H,6-11,13H2,1H3,(H,22,27)(H,24,26). The topological polar surface area (TPSA) is 110 Å². The lowest BCUT2D eigenvalue weighted by molar-refractivity contribution is -0.121. The molecule has 2 aliphatic rings. The van der Waals surface area contributed by atoms with E-state index in [0.29, 0.717) is 17.9 Å². The number of rotatable bonds is 7. The number of hydrogen-bond acceptors (Lipinski definition) is 5. The summed E-state index contributed by atoms with van der Waals surface area (Å²) in [5.74, 6) is -0.0684. The van der Waals surface area contributed by atoms with Crippen LogP contribution in [0.3, 0.4) is 0 Å². The number of aromatic nitrogens is 2. The van der Waals surface area contributed by atoms with Crippen LogP contribution in [-0.2, 0) is 14.6 Å². The second-order valence-electron chi connectivity index (χ2n) is 8.09. The quantitative estimate of drug-likeness (QED) is 0.691. The van der Waals surface area contributed by atoms with E-state index in [1.165, 1.54) is 0 Å². The minimum Gasteiger partial charge on any atom is -0.352 e. The maximum Gasteiger partial charge on any atom is 0.254 e. The van der Waals surface area contributed by atoms with Gasteiger partial charge in [0.2, 0.25) is 5.91 Å². The van der Waals surface area contributed by atoms with Crippen LogP contribution in [0.25, 0.3) is 5.69 Å². The maximum absolute atomic E-state index is 12.8. The molecule has 1 saturated carbocycles. The van der Waals surface area contributed by atoms with Crippen LogP contribution in [0.4, 0.5) is 0 Å². The van der Waals surface area contributed by atoms with Crippen molar-refractivity contribution in [2.24, 2.45) is 0 Å². The van der Waals surface area contributed by atoms with Crippen molar-refractivity contribution < 1.29 is 18.0 Å². The molecular weight excluding hydrogens is 404 g/mol. The normalized spacial score (nSPS) is 20.1. The smallest absolute Gasteiger partial charge is 0.254 e. The number of sulfone groups is 1. The molecule has 2 N–H and O–H groups in total. The fraction of sp³-hybridized carbons (Fsp3) is 0.476. The number of nitrogens with one attached hydrogen (secondary N) is 2. The van der Waals surface area contributed by atoms with Crippen LogP contribution in [0.2, 0.25) is 0 Å². The molecule has 1 atom stereocenters. The first-order chi connectivity index (χ1) is 14.3. The summed E-state index contributed by atoms with van der Waals surface area (Å²) in [6.45, 7) is 2.20. The first kappa shape index (κ1) is 20.6. The van der Waals surface area contributed by atoms with Gasteiger partial charge in [-0.1, -0.05) is 18.2 Å². The van der Waals surface area contributed by atoms with Gasteiger partial charge in [0, 0.05) is 24.9 Å². The highest BCUT2D eigenvalue weighted by atomic mass is 32.2. The van der Waals surface area contributed by atoms with Gasteiger partial charge in [0.1, 0.15) is 0 Å². The Hall–Kier alpha value is -2.68. The van der Waals surface area contributed by atoms with Crippen molar-refractivity contribution in [1.29, 1.82) is 0 Å². The Labute approximate surface area is 176 Å². The van der Waals surface area contributed by atoms with Gasteiger partial charge in [-0.3, -0.25) is 9.59 Å². The summed E-state index contributed by atoms with van der Waals surface area (Å²) in [7, 11) is -3.04. The summed E-state index contributed by atoms with van der Waals surface area (Å²) in [5.41, 5.74) is 3.51. The number of nitrogens with zero attached hydrogens (tertiary/aromatic N) is 2. The molecular formula is C21H26N4O4S. The number of benzene rings is 1. The molecule has 0 spiro atoms. The molecule has 4 rings (SSSR count). The minimum absolute atomic E-state index is 0.00602. The number of aryl methyl sites for hydroxylation is 1. The van der Waals surface area contributed by atoms with Gasteiger partial charge in [0.15, 0.2) is 9.84 Å². The molecule has 1 aromatic carbocycles. The van der Waals surface area contributed by atoms with Crippen molar-refractivity contribution in [1.82, 2.24) is 20.4 Å². The molecule has 1 aromatic heterocycles. The number of carbonyl (C=O) groups excluding carboxylic acids is 2. The average Bonchev–Trinajstić information content (AvgIpc) is 3.34. The molecule has 1 aliphatic carbocycles. The molecule has 1 saturated heterocycles. The monoisotopic (exact) mass is 430 g/mol. The molecule has 2 amide bonds. The lowest BCUT2D eigenvalue weighted by atomic mass is 10.1. The van der Waals surface area contributed by atoms with Gasteiger partial charge in [0.05, 0.1) is 34.6 Å². The second kappa shape index (κ2) is 8.22. The van der Waals surface area contributed by atoms with E-state index in [-0.39, 0.29) is 42.3 Å². The van der Waals surface area contributed by atoms with Crippen molar-refractivity contribution in [3.8, 4) is 5.69 Å². The van der Waals surface area contributed by atoms with Gasteiger partial charge in [-0.2, -0.15) is 5.10 Å². The van der Waals surface area contributed by atoms with Crippen LogP contribution in [0, 0.1) is 6.92 Å². The first-order valence-corrected chi connectivity index (χ1v) is 12.1. The predicted octanol–water partition coefficient (Wildman–Crippen LogP) is 1.48. The summed E-state index contributed by atoms with van der Waals surface area (Å²) in [5, 5.41) is 10.0. The largest absolute Gasteiger partial charge is 0.352 e. The van der Waals surface area contributed by atoms with Crippen LogP contribution in [0.1, 0.15) is 53.2 Å². The fourth-order valence-electron chi connectivity index (χ4n) is 3.87. The highest BCUT2D eigenvalue weighted by Crippen LogP contribution is 2.42. The number of para-hydroxylation sites is 1. The Morgan fingerprint density at radius 2 is 1.97 bits per heavy atom. The molecule has 2 fully saturated rings. The van der Waals surface area contributed by atoms with E-state index in [4.69, 9.17) is 0 Å². The fourth-order valence-corrected chi connectivity index (χ4v) is 5.54. The zero-order valence-corrected chi connectivity index (χ0v) is 17.7. The van der Waals surface area contributed by atoms with Crippen LogP contribution in [0.15, 0.2) is 30.5 Å². The summed E-state index contributed by atoms with van der Waals surface area (Å²) < 4.78 is 24.8. The Kier molecular flexibility index (Phi) is 5.64. The molecule has 0 radical (unpaired) electrons. The third-order valence-electron chi connectivity index (χ3n) is 5.59. The number of amides is 2. The van der Waals surface area contributed by atoms with E-state index in [2.05, 4.69) is 15.7 Å². The average molecular weight is 431 g/mol. The van der Waals surface area contributed by atoms with Gasteiger partial charge < -0.3 is 10.6 Å². The van der Waals surface area contributed by atoms with Crippen molar-refractivity contribution in [2.75, 3.05) is 18.1 Å². The zero-order valence-electron chi connectivity index (χ0n) is 16.9. The highest BCUT2D eigenvalue weighted by Gasteiger charge is 2.33. The molecule has 1 unspecified atom stereocenters. The first-order valence-electron chi connectivity index (χ1n) is 10.3. The zero-order chi connectivity index (χ0) is 21.3. The van der Waals surface area contributed by atoms with E-state index in [0.717, 1.165) is 29.8 Å². The number of carbonyl (C=O) groups is 2. The molecule has 2 heterocycles. The van der Waals surface area contributed by atoms with Crippen molar-refractivity contribution in [2.45, 2.75) is 44.6 Å². The van der Waals surface area contributed by atoms with Crippen LogP contribution in [-0.4, -0.2) is 54.1 Å². The summed E-state index contributed by atoms with van der Waals surface area (Å²) in [6, 6.07) is 7.60. The third-order valence-corrected chi connectivity index (χ3v) is 7.36. The van der Waals surface area contributed by atoms with E-state index in [1.807, 2.05) is 35.9 Å². The van der Waals surface area contributed by atoms with E-state index in [1.54, 1.807) is 6.20 Å². The van der Waals surface area contributed by atoms with Crippen molar-refractivity contribution in [3.05, 3.63) is 47.3 Å². The third kappa shape index (κ3) is 4.56. The van der Waals surface area contributed by atoms with Gasteiger partial charge in [-0.05, 0) is 37.8 Å². The highest BCUT2D eigenvalue weighted by molar-refractivity contribution is 7.91. The summed E-state index contributed by atoms with van der Waals surface area (Å²) in [4.78, 5) is 24.8. The van der Waals surface area contributed by atoms with Crippen LogP contribution < -0.4 is 10.6 Å². The van der Waals surface area contributed by atoms with Gasteiger partial charge in [0.25, 0.3) is 5.91 Å². The molecule has 2 aromatic rings. The lowest BCUT2D eigenvalue weighted by Gasteiger charge is -2.12. The van der Waals surface area contributed by atoms with E-state index < -0.39 is 9.84 Å². The second-order valence-corrected chi connectivity index (χ2v) is 10.3. The molecule has 8 nitrogen and oxygen atoms in total. The Morgan fingerprint density at radius 1 is 1.20 bits per heavy atom. The Balaban J connectivity index is 1.37. The molecule has 9 heteroatoms. The molecule has 30 heavy (non-hydrogen) atoms. The minimum atomic E-state index is -3.04. The Morgan fingerprint density at radius 3 is 2.63 bits per heavy atom. The Bertz CT molecular complexity index is 1070. The van der Waals surface area contributed by atoms with Crippen molar-refractivity contribution >= 4 is 21.7 Å². The maximum atomic E-state index is 12.8. The molecule has 0 bridgehead atoms. The summed E-state index contributed by atoms with van der Waals surface area (Å²) >= 11 is 0. The number of hydrogen-bond donors (Lipinski definition) is 2. The van der Waals surface area contributed by atoms with E-state index in [9.17, 15) is 18.0 Å². The van der Waals surface area contributed by atoms with E-state index >= 15 is 0 Å². The van der Waals surface area contributed by atoms with Gasteiger partial charge in [-0.15, -0.1) is 0 Å². The van der Waals surface area contributed by atoms with Crippen LogP contribution >= 0.6 is 0 Å².